The number of rotatable bonds is 5. The summed E-state index contributed by atoms with van der Waals surface area (Å²) >= 11 is 18.0. The molecule has 6 nitrogen and oxygen atoms in total. The van der Waals surface area contributed by atoms with Gasteiger partial charge in [0.15, 0.2) is 6.10 Å². The minimum Gasteiger partial charge on any atom is -0.449 e. The summed E-state index contributed by atoms with van der Waals surface area (Å²) in [6, 6.07) is 15.3. The van der Waals surface area contributed by atoms with Crippen LogP contribution in [0.4, 0.5) is 5.69 Å². The molecule has 0 saturated heterocycles. The lowest BCUT2D eigenvalue weighted by Crippen LogP contribution is -2.30. The van der Waals surface area contributed by atoms with Crippen molar-refractivity contribution in [3.05, 3.63) is 87.6 Å². The number of carbonyl (C=O) groups excluding carboxylic acids is 2. The highest BCUT2D eigenvalue weighted by atomic mass is 35.5. The predicted molar refractivity (Wildman–Crippen MR) is 130 cm³/mol. The zero-order chi connectivity index (χ0) is 23.5. The molecule has 0 spiro atoms. The second kappa shape index (κ2) is 9.75. The number of halogens is 3. The highest BCUT2D eigenvalue weighted by Crippen LogP contribution is 2.32. The molecule has 0 aliphatic heterocycles. The minimum absolute atomic E-state index is 0.206. The highest BCUT2D eigenvalue weighted by molar-refractivity contribution is 6.44. The number of para-hydroxylation sites is 1. The molecule has 2 heterocycles. The van der Waals surface area contributed by atoms with Crippen molar-refractivity contribution in [2.75, 3.05) is 5.32 Å². The molecule has 1 unspecified atom stereocenters. The number of carbonyl (C=O) groups is 2. The van der Waals surface area contributed by atoms with E-state index in [1.165, 1.54) is 19.1 Å². The smallest absolute Gasteiger partial charge is 0.339 e. The molecule has 4 rings (SSSR count). The molecule has 0 aliphatic rings. The molecule has 0 bridgehead atoms. The van der Waals surface area contributed by atoms with Crippen molar-refractivity contribution in [2.24, 2.45) is 0 Å². The van der Waals surface area contributed by atoms with Gasteiger partial charge in [-0.25, -0.2) is 9.78 Å². The van der Waals surface area contributed by atoms with Crippen molar-refractivity contribution in [2.45, 2.75) is 13.0 Å². The van der Waals surface area contributed by atoms with Crippen molar-refractivity contribution in [3.8, 4) is 11.3 Å². The van der Waals surface area contributed by atoms with Crippen LogP contribution in [0.3, 0.4) is 0 Å². The standard InChI is InChI=1S/C24H16Cl3N3O3/c1-13(23(31)30-22-11-18(26)17(25)10-19(22)27)33-24(32)16-9-21(14-5-4-8-28-12-14)29-20-7-3-2-6-15(16)20/h2-13H,1H3,(H,30,31). The van der Waals surface area contributed by atoms with E-state index in [2.05, 4.69) is 15.3 Å². The first-order chi connectivity index (χ1) is 15.8. The van der Waals surface area contributed by atoms with E-state index in [9.17, 15) is 9.59 Å². The molecule has 0 radical (unpaired) electrons. The summed E-state index contributed by atoms with van der Waals surface area (Å²) in [4.78, 5) is 34.4. The first-order valence-corrected chi connectivity index (χ1v) is 10.9. The van der Waals surface area contributed by atoms with Crippen molar-refractivity contribution in [1.82, 2.24) is 9.97 Å². The molecule has 166 valence electrons. The minimum atomic E-state index is -1.11. The number of pyridine rings is 2. The van der Waals surface area contributed by atoms with Gasteiger partial charge in [-0.15, -0.1) is 0 Å². The Morgan fingerprint density at radius 2 is 1.73 bits per heavy atom. The fourth-order valence-electron chi connectivity index (χ4n) is 3.14. The predicted octanol–water partition coefficient (Wildman–Crippen LogP) is 6.44. The number of nitrogens with one attached hydrogen (secondary N) is 1. The van der Waals surface area contributed by atoms with Gasteiger partial charge in [-0.3, -0.25) is 9.78 Å². The van der Waals surface area contributed by atoms with Crippen LogP contribution in [0.5, 0.6) is 0 Å². The maximum Gasteiger partial charge on any atom is 0.339 e. The van der Waals surface area contributed by atoms with Crippen molar-refractivity contribution in [3.63, 3.8) is 0 Å². The SMILES string of the molecule is CC(OC(=O)c1cc(-c2cccnc2)nc2ccccc12)C(=O)Nc1cc(Cl)c(Cl)cc1Cl. The monoisotopic (exact) mass is 499 g/mol. The zero-order valence-corrected chi connectivity index (χ0v) is 19.4. The Morgan fingerprint density at radius 3 is 2.48 bits per heavy atom. The Morgan fingerprint density at radius 1 is 0.970 bits per heavy atom. The molecule has 0 saturated carbocycles. The van der Waals surface area contributed by atoms with Crippen molar-refractivity contribution in [1.29, 1.82) is 0 Å². The van der Waals surface area contributed by atoms with E-state index in [1.807, 2.05) is 12.1 Å². The average Bonchev–Trinajstić information content (AvgIpc) is 2.82. The summed E-state index contributed by atoms with van der Waals surface area (Å²) in [5, 5.41) is 3.90. The van der Waals surface area contributed by atoms with E-state index >= 15 is 0 Å². The van der Waals surface area contributed by atoms with E-state index in [0.29, 0.717) is 16.6 Å². The molecule has 33 heavy (non-hydrogen) atoms. The van der Waals surface area contributed by atoms with Crippen LogP contribution in [-0.2, 0) is 9.53 Å². The van der Waals surface area contributed by atoms with E-state index in [0.717, 1.165) is 5.56 Å². The van der Waals surface area contributed by atoms with E-state index in [4.69, 9.17) is 39.5 Å². The van der Waals surface area contributed by atoms with Gasteiger partial charge < -0.3 is 10.1 Å². The summed E-state index contributed by atoms with van der Waals surface area (Å²) in [5.41, 5.74) is 2.47. The van der Waals surface area contributed by atoms with Crippen molar-refractivity contribution < 1.29 is 14.3 Å². The van der Waals surface area contributed by atoms with Crippen LogP contribution < -0.4 is 5.32 Å². The van der Waals surface area contributed by atoms with Crippen LogP contribution in [0.1, 0.15) is 17.3 Å². The van der Waals surface area contributed by atoms with Crippen LogP contribution in [0.15, 0.2) is 67.0 Å². The Labute approximate surface area is 204 Å². The fourth-order valence-corrected chi connectivity index (χ4v) is 3.73. The van der Waals surface area contributed by atoms with Crippen molar-refractivity contribution >= 4 is 63.3 Å². The highest BCUT2D eigenvalue weighted by Gasteiger charge is 2.22. The average molecular weight is 501 g/mol. The molecular weight excluding hydrogens is 485 g/mol. The Kier molecular flexibility index (Phi) is 6.79. The van der Waals surface area contributed by atoms with Gasteiger partial charge in [-0.05, 0) is 43.3 Å². The van der Waals surface area contributed by atoms with Gasteiger partial charge in [0.1, 0.15) is 0 Å². The van der Waals surface area contributed by atoms with Gasteiger partial charge in [0, 0.05) is 23.3 Å². The lowest BCUT2D eigenvalue weighted by atomic mass is 10.0. The summed E-state index contributed by atoms with van der Waals surface area (Å²) in [6.07, 6.45) is 2.19. The molecular formula is C24H16Cl3N3O3. The summed E-state index contributed by atoms with van der Waals surface area (Å²) in [5.74, 6) is -1.24. The van der Waals surface area contributed by atoms with Gasteiger partial charge >= 0.3 is 5.97 Å². The quantitative estimate of drug-likeness (QED) is 0.252. The van der Waals surface area contributed by atoms with Crippen LogP contribution >= 0.6 is 34.8 Å². The van der Waals surface area contributed by atoms with Crippen LogP contribution in [-0.4, -0.2) is 27.9 Å². The lowest BCUT2D eigenvalue weighted by molar-refractivity contribution is -0.123. The molecule has 9 heteroatoms. The number of benzene rings is 2. The van der Waals surface area contributed by atoms with E-state index in [1.54, 1.807) is 42.7 Å². The first-order valence-electron chi connectivity index (χ1n) is 9.80. The topological polar surface area (TPSA) is 81.2 Å². The number of ether oxygens (including phenoxy) is 1. The molecule has 4 aromatic rings. The number of hydrogen-bond acceptors (Lipinski definition) is 5. The molecule has 0 aliphatic carbocycles. The van der Waals surface area contributed by atoms with Crippen LogP contribution in [0.25, 0.3) is 22.2 Å². The Hall–Kier alpha value is -3.19. The number of esters is 1. The molecule has 1 atom stereocenters. The fraction of sp³-hybridized carbons (Fsp3) is 0.0833. The number of nitrogens with zero attached hydrogens (tertiary/aromatic N) is 2. The van der Waals surface area contributed by atoms with E-state index < -0.39 is 18.0 Å². The second-order valence-corrected chi connectivity index (χ2v) is 8.32. The third-order valence-electron chi connectivity index (χ3n) is 4.81. The van der Waals surface area contributed by atoms with Crippen LogP contribution in [0, 0.1) is 0 Å². The van der Waals surface area contributed by atoms with E-state index in [-0.39, 0.29) is 26.3 Å². The summed E-state index contributed by atoms with van der Waals surface area (Å²) in [7, 11) is 0. The Bertz CT molecular complexity index is 1360. The zero-order valence-electron chi connectivity index (χ0n) is 17.2. The second-order valence-electron chi connectivity index (χ2n) is 7.10. The molecule has 0 fully saturated rings. The van der Waals surface area contributed by atoms with Gasteiger partial charge in [0.2, 0.25) is 0 Å². The Balaban J connectivity index is 1.59. The number of amides is 1. The third kappa shape index (κ3) is 5.09. The molecule has 1 amide bonds. The van der Waals surface area contributed by atoms with Gasteiger partial charge in [-0.2, -0.15) is 0 Å². The van der Waals surface area contributed by atoms with Gasteiger partial charge in [0.05, 0.1) is 37.5 Å². The largest absolute Gasteiger partial charge is 0.449 e. The third-order valence-corrected chi connectivity index (χ3v) is 5.85. The molecule has 2 aromatic heterocycles. The maximum atomic E-state index is 13.1. The summed E-state index contributed by atoms with van der Waals surface area (Å²) < 4.78 is 5.47. The first kappa shape index (κ1) is 23.0. The number of hydrogen-bond donors (Lipinski definition) is 1. The van der Waals surface area contributed by atoms with Gasteiger partial charge in [-0.1, -0.05) is 53.0 Å². The summed E-state index contributed by atoms with van der Waals surface area (Å²) in [6.45, 7) is 1.46. The maximum absolute atomic E-state index is 13.1. The molecule has 1 N–H and O–H groups in total. The molecule has 2 aromatic carbocycles. The number of fused-ring (bicyclic) bond motifs is 1. The normalized spacial score (nSPS) is 11.8. The lowest BCUT2D eigenvalue weighted by Gasteiger charge is -2.16. The van der Waals surface area contributed by atoms with Gasteiger partial charge in [0.25, 0.3) is 5.91 Å². The number of anilines is 1. The number of aromatic nitrogens is 2. The van der Waals surface area contributed by atoms with Crippen LogP contribution in [0.2, 0.25) is 15.1 Å².